The van der Waals surface area contributed by atoms with Crippen LogP contribution in [0.15, 0.2) is 24.3 Å². The fourth-order valence-electron chi connectivity index (χ4n) is 1.53. The van der Waals surface area contributed by atoms with E-state index in [1.54, 1.807) is 45.4 Å². The number of methoxy groups -OCH3 is 2. The molecule has 0 bridgehead atoms. The molecular formula is C15H18O5. The van der Waals surface area contributed by atoms with Crippen LogP contribution in [0.4, 0.5) is 0 Å². The number of allylic oxidation sites excluding steroid dienone is 1. The first kappa shape index (κ1) is 15.8. The molecule has 1 aromatic rings. The van der Waals surface area contributed by atoms with Crippen LogP contribution in [0.1, 0.15) is 18.9 Å². The fourth-order valence-corrected chi connectivity index (χ4v) is 1.53. The predicted octanol–water partition coefficient (Wildman–Crippen LogP) is 2.24. The van der Waals surface area contributed by atoms with Crippen molar-refractivity contribution in [2.45, 2.75) is 13.3 Å². The van der Waals surface area contributed by atoms with E-state index >= 15 is 0 Å². The summed E-state index contributed by atoms with van der Waals surface area (Å²) in [6.07, 6.45) is 2.68. The third-order valence-electron chi connectivity index (χ3n) is 2.46. The van der Waals surface area contributed by atoms with E-state index in [0.717, 1.165) is 5.56 Å². The summed E-state index contributed by atoms with van der Waals surface area (Å²) < 4.78 is 15.0. The van der Waals surface area contributed by atoms with E-state index < -0.39 is 5.97 Å². The second-order valence-corrected chi connectivity index (χ2v) is 3.93. The monoisotopic (exact) mass is 278 g/mol. The highest BCUT2D eigenvalue weighted by Gasteiger charge is 2.07. The molecule has 0 N–H and O–H groups in total. The zero-order valence-corrected chi connectivity index (χ0v) is 11.8. The van der Waals surface area contributed by atoms with Gasteiger partial charge in [0, 0.05) is 6.07 Å². The SMILES string of the molecule is CCOC(=O)CC(=O)/C=C\c1cc(OC)cc(OC)c1. The summed E-state index contributed by atoms with van der Waals surface area (Å²) in [5, 5.41) is 0. The number of hydrogen-bond acceptors (Lipinski definition) is 5. The first-order valence-corrected chi connectivity index (χ1v) is 6.18. The minimum Gasteiger partial charge on any atom is -0.497 e. The largest absolute Gasteiger partial charge is 0.497 e. The average Bonchev–Trinajstić information content (AvgIpc) is 2.44. The van der Waals surface area contributed by atoms with Crippen molar-refractivity contribution in [1.29, 1.82) is 0 Å². The third-order valence-corrected chi connectivity index (χ3v) is 2.46. The van der Waals surface area contributed by atoms with E-state index in [0.29, 0.717) is 11.5 Å². The summed E-state index contributed by atoms with van der Waals surface area (Å²) in [5.41, 5.74) is 0.749. The van der Waals surface area contributed by atoms with Crippen LogP contribution in [0, 0.1) is 0 Å². The molecule has 0 spiro atoms. The van der Waals surface area contributed by atoms with Crippen molar-refractivity contribution in [2.24, 2.45) is 0 Å². The van der Waals surface area contributed by atoms with Crippen molar-refractivity contribution in [1.82, 2.24) is 0 Å². The molecule has 0 aliphatic heterocycles. The number of ketones is 1. The minimum atomic E-state index is -0.523. The number of ether oxygens (including phenoxy) is 3. The summed E-state index contributed by atoms with van der Waals surface area (Å²) in [6.45, 7) is 1.96. The Morgan fingerprint density at radius 1 is 1.10 bits per heavy atom. The highest BCUT2D eigenvalue weighted by Crippen LogP contribution is 2.23. The van der Waals surface area contributed by atoms with Crippen molar-refractivity contribution in [2.75, 3.05) is 20.8 Å². The third kappa shape index (κ3) is 5.14. The Hall–Kier alpha value is -2.30. The molecule has 0 fully saturated rings. The first-order chi connectivity index (χ1) is 9.58. The fraction of sp³-hybridized carbons (Fsp3) is 0.333. The first-order valence-electron chi connectivity index (χ1n) is 6.18. The van der Waals surface area contributed by atoms with Gasteiger partial charge < -0.3 is 14.2 Å². The maximum Gasteiger partial charge on any atom is 0.313 e. The topological polar surface area (TPSA) is 61.8 Å². The number of esters is 1. The zero-order valence-electron chi connectivity index (χ0n) is 11.8. The molecule has 0 aliphatic carbocycles. The number of benzene rings is 1. The lowest BCUT2D eigenvalue weighted by Crippen LogP contribution is -2.09. The number of rotatable bonds is 7. The van der Waals surface area contributed by atoms with E-state index in [2.05, 4.69) is 0 Å². The quantitative estimate of drug-likeness (QED) is 0.435. The van der Waals surface area contributed by atoms with Crippen LogP contribution in [0.2, 0.25) is 0 Å². The molecule has 0 unspecified atom stereocenters. The lowest BCUT2D eigenvalue weighted by Gasteiger charge is -2.05. The Balaban J connectivity index is 2.74. The average molecular weight is 278 g/mol. The highest BCUT2D eigenvalue weighted by molar-refractivity contribution is 6.03. The van der Waals surface area contributed by atoms with E-state index in [4.69, 9.17) is 14.2 Å². The number of carbonyl (C=O) groups excluding carboxylic acids is 2. The van der Waals surface area contributed by atoms with E-state index in [9.17, 15) is 9.59 Å². The van der Waals surface area contributed by atoms with Gasteiger partial charge in [-0.2, -0.15) is 0 Å². The van der Waals surface area contributed by atoms with Gasteiger partial charge in [-0.15, -0.1) is 0 Å². The number of hydrogen-bond donors (Lipinski definition) is 0. The van der Waals surface area contributed by atoms with E-state index in [1.165, 1.54) is 6.08 Å². The Kier molecular flexibility index (Phi) is 6.29. The molecular weight excluding hydrogens is 260 g/mol. The minimum absolute atomic E-state index is 0.258. The lowest BCUT2D eigenvalue weighted by atomic mass is 10.1. The normalized spacial score (nSPS) is 10.3. The van der Waals surface area contributed by atoms with Gasteiger partial charge in [-0.25, -0.2) is 0 Å². The Morgan fingerprint density at radius 2 is 1.70 bits per heavy atom. The lowest BCUT2D eigenvalue weighted by molar-refractivity contribution is -0.144. The van der Waals surface area contributed by atoms with Crippen LogP contribution in [0.3, 0.4) is 0 Å². The van der Waals surface area contributed by atoms with Gasteiger partial charge in [0.05, 0.1) is 20.8 Å². The molecule has 1 aromatic carbocycles. The second kappa shape index (κ2) is 7.99. The van der Waals surface area contributed by atoms with Crippen molar-refractivity contribution in [3.63, 3.8) is 0 Å². The summed E-state index contributed by atoms with van der Waals surface area (Å²) in [4.78, 5) is 22.7. The molecule has 0 aromatic heterocycles. The van der Waals surface area contributed by atoms with Crippen molar-refractivity contribution >= 4 is 17.8 Å². The smallest absolute Gasteiger partial charge is 0.313 e. The van der Waals surface area contributed by atoms with Gasteiger partial charge in [0.25, 0.3) is 0 Å². The van der Waals surface area contributed by atoms with Gasteiger partial charge in [-0.3, -0.25) is 9.59 Å². The van der Waals surface area contributed by atoms with Gasteiger partial charge in [0.15, 0.2) is 5.78 Å². The van der Waals surface area contributed by atoms with E-state index in [-0.39, 0.29) is 18.8 Å². The second-order valence-electron chi connectivity index (χ2n) is 3.93. The molecule has 0 amide bonds. The van der Waals surface area contributed by atoms with Gasteiger partial charge in [-0.1, -0.05) is 6.08 Å². The standard InChI is InChI=1S/C15H18O5/c1-4-20-15(17)9-12(16)6-5-11-7-13(18-2)10-14(8-11)19-3/h5-8,10H,4,9H2,1-3H3/b6-5-. The molecule has 0 heterocycles. The molecule has 5 heteroatoms. The molecule has 108 valence electrons. The summed E-state index contributed by atoms with van der Waals surface area (Å²) in [5.74, 6) is 0.416. The molecule has 0 saturated carbocycles. The molecule has 0 atom stereocenters. The predicted molar refractivity (Wildman–Crippen MR) is 74.8 cm³/mol. The summed E-state index contributed by atoms with van der Waals surface area (Å²) in [7, 11) is 3.10. The molecule has 5 nitrogen and oxygen atoms in total. The van der Waals surface area contributed by atoms with Crippen molar-refractivity contribution in [3.8, 4) is 11.5 Å². The van der Waals surface area contributed by atoms with Crippen molar-refractivity contribution in [3.05, 3.63) is 29.8 Å². The van der Waals surface area contributed by atoms with E-state index in [1.807, 2.05) is 0 Å². The van der Waals surface area contributed by atoms with Crippen LogP contribution in [-0.4, -0.2) is 32.6 Å². The maximum atomic E-state index is 11.6. The zero-order chi connectivity index (χ0) is 15.0. The molecule has 1 rings (SSSR count). The summed E-state index contributed by atoms with van der Waals surface area (Å²) in [6, 6.07) is 5.26. The molecule has 20 heavy (non-hydrogen) atoms. The molecule has 0 radical (unpaired) electrons. The Labute approximate surface area is 118 Å². The van der Waals surface area contributed by atoms with Gasteiger partial charge in [0.1, 0.15) is 17.9 Å². The van der Waals surface area contributed by atoms with Crippen LogP contribution < -0.4 is 9.47 Å². The molecule has 0 saturated heterocycles. The summed E-state index contributed by atoms with van der Waals surface area (Å²) >= 11 is 0. The van der Waals surface area contributed by atoms with Crippen LogP contribution in [0.25, 0.3) is 6.08 Å². The van der Waals surface area contributed by atoms with Crippen LogP contribution in [-0.2, 0) is 14.3 Å². The van der Waals surface area contributed by atoms with Crippen molar-refractivity contribution < 1.29 is 23.8 Å². The van der Waals surface area contributed by atoms with Gasteiger partial charge in [-0.05, 0) is 30.7 Å². The van der Waals surface area contributed by atoms with Crippen LogP contribution >= 0.6 is 0 Å². The number of carbonyl (C=O) groups is 2. The van der Waals surface area contributed by atoms with Gasteiger partial charge >= 0.3 is 5.97 Å². The Bertz CT molecular complexity index is 483. The Morgan fingerprint density at radius 3 is 2.20 bits per heavy atom. The highest BCUT2D eigenvalue weighted by atomic mass is 16.5. The molecule has 0 aliphatic rings. The van der Waals surface area contributed by atoms with Crippen LogP contribution in [0.5, 0.6) is 11.5 Å². The van der Waals surface area contributed by atoms with Gasteiger partial charge in [0.2, 0.25) is 0 Å². The maximum absolute atomic E-state index is 11.6.